The zero-order valence-corrected chi connectivity index (χ0v) is 26.1. The molecule has 0 saturated heterocycles. The number of fused-ring (bicyclic) bond motifs is 7. The Morgan fingerprint density at radius 1 is 0.927 bits per heavy atom. The summed E-state index contributed by atoms with van der Waals surface area (Å²) in [5.74, 6) is 2.15. The van der Waals surface area contributed by atoms with E-state index < -0.39 is 11.4 Å². The number of benzene rings is 1. The zero-order chi connectivity index (χ0) is 29.6. The zero-order valence-electron chi connectivity index (χ0n) is 26.1. The van der Waals surface area contributed by atoms with Crippen LogP contribution in [0.2, 0.25) is 0 Å². The quantitative estimate of drug-likeness (QED) is 0.324. The number of carbonyl (C=O) groups is 1. The fourth-order valence-electron chi connectivity index (χ4n) is 11.8. The highest BCUT2D eigenvalue weighted by atomic mass is 16.5. The number of allylic oxidation sites excluding steroid dienone is 1. The van der Waals surface area contributed by atoms with Gasteiger partial charge in [-0.15, -0.1) is 0 Å². The lowest BCUT2D eigenvalue weighted by Gasteiger charge is -2.70. The predicted molar refractivity (Wildman–Crippen MR) is 161 cm³/mol. The van der Waals surface area contributed by atoms with Gasteiger partial charge in [-0.2, -0.15) is 0 Å². The molecule has 41 heavy (non-hydrogen) atoms. The van der Waals surface area contributed by atoms with Gasteiger partial charge in [-0.25, -0.2) is 0 Å². The first-order valence-corrected chi connectivity index (χ1v) is 16.3. The third kappa shape index (κ3) is 3.85. The third-order valence-electron chi connectivity index (χ3n) is 14.3. The van der Waals surface area contributed by atoms with Gasteiger partial charge in [0.1, 0.15) is 11.5 Å². The molecule has 3 N–H and O–H groups in total. The van der Waals surface area contributed by atoms with Crippen LogP contribution in [0.4, 0.5) is 0 Å². The number of rotatable bonds is 4. The van der Waals surface area contributed by atoms with Crippen molar-refractivity contribution in [3.8, 4) is 11.5 Å². The molecule has 5 heteroatoms. The molecule has 0 heterocycles. The minimum Gasteiger partial charge on any atom is -0.508 e. The van der Waals surface area contributed by atoms with Crippen LogP contribution in [0.5, 0.6) is 11.5 Å². The van der Waals surface area contributed by atoms with Gasteiger partial charge in [0.25, 0.3) is 0 Å². The average Bonchev–Trinajstić information content (AvgIpc) is 2.92. The van der Waals surface area contributed by atoms with Gasteiger partial charge < -0.3 is 20.1 Å². The lowest BCUT2D eigenvalue weighted by Crippen LogP contribution is -2.67. The summed E-state index contributed by atoms with van der Waals surface area (Å²) in [4.78, 5) is 13.9. The Hall–Kier alpha value is -2.01. The Kier molecular flexibility index (Phi) is 6.73. The topological polar surface area (TPSA) is 87.0 Å². The van der Waals surface area contributed by atoms with Crippen molar-refractivity contribution in [3.63, 3.8) is 0 Å². The molecule has 4 fully saturated rings. The summed E-state index contributed by atoms with van der Waals surface area (Å²) in [6.07, 6.45) is 10.5. The minimum absolute atomic E-state index is 0.0161. The smallest absolute Gasteiger partial charge is 0.314 e. The third-order valence-corrected chi connectivity index (χ3v) is 14.3. The molecule has 1 aromatic carbocycles. The molecule has 0 radical (unpaired) electrons. The van der Waals surface area contributed by atoms with E-state index in [4.69, 9.17) is 4.74 Å². The van der Waals surface area contributed by atoms with Crippen molar-refractivity contribution in [1.82, 2.24) is 0 Å². The highest BCUT2D eigenvalue weighted by Crippen LogP contribution is 2.76. The standard InChI is InChI=1S/C36H52O5/c1-22-13-18-35(21-41-25-9-7-24(37)8-10-25)19-20-36(31(39)40)26(30(35)23(22)2)11-12-28-33(5)16-15-29(38)32(3,4)27(33)14-17-34(28,36)6/h7-11,22-23,27-30,37-38H,12-21H2,1-6H3,(H,39,40)/t22-,23+,27-,28+,29+,30-,33+,34-,35-,36-/m1/s1. The Morgan fingerprint density at radius 2 is 1.63 bits per heavy atom. The maximum absolute atomic E-state index is 13.9. The largest absolute Gasteiger partial charge is 0.508 e. The number of aliphatic hydroxyl groups is 1. The van der Waals surface area contributed by atoms with E-state index >= 15 is 0 Å². The molecule has 0 bridgehead atoms. The van der Waals surface area contributed by atoms with Gasteiger partial charge in [0.2, 0.25) is 0 Å². The average molecular weight is 565 g/mol. The molecule has 0 spiro atoms. The van der Waals surface area contributed by atoms with Crippen LogP contribution in [0.1, 0.15) is 99.3 Å². The molecule has 0 unspecified atom stereocenters. The molecular formula is C36H52O5. The lowest BCUT2D eigenvalue weighted by atomic mass is 9.33. The van der Waals surface area contributed by atoms with Gasteiger partial charge >= 0.3 is 5.97 Å². The molecule has 10 atom stereocenters. The molecule has 5 aliphatic carbocycles. The van der Waals surface area contributed by atoms with Gasteiger partial charge in [0.05, 0.1) is 18.1 Å². The van der Waals surface area contributed by atoms with Crippen LogP contribution >= 0.6 is 0 Å². The summed E-state index contributed by atoms with van der Waals surface area (Å²) >= 11 is 0. The van der Waals surface area contributed by atoms with Crippen molar-refractivity contribution >= 4 is 5.97 Å². The molecule has 1 aromatic rings. The highest BCUT2D eigenvalue weighted by Gasteiger charge is 2.72. The van der Waals surface area contributed by atoms with Gasteiger partial charge in [0.15, 0.2) is 0 Å². The number of phenolic OH excluding ortho intramolecular Hbond substituents is 1. The fraction of sp³-hybridized carbons (Fsp3) is 0.750. The van der Waals surface area contributed by atoms with Gasteiger partial charge in [0, 0.05) is 5.41 Å². The van der Waals surface area contributed by atoms with Crippen LogP contribution in [-0.4, -0.2) is 34.0 Å². The maximum atomic E-state index is 13.9. The summed E-state index contributed by atoms with van der Waals surface area (Å²) < 4.78 is 6.46. The number of aliphatic carboxylic acids is 1. The second kappa shape index (κ2) is 9.49. The molecule has 226 valence electrons. The predicted octanol–water partition coefficient (Wildman–Crippen LogP) is 7.85. The maximum Gasteiger partial charge on any atom is 0.314 e. The SMILES string of the molecule is C[C@H]1[C@H](C)CC[C@]2(COc3ccc(O)cc3)CC[C@]3(C(=O)O)C(=CC[C@H]4[C@@]5(C)CC[C@H](O)C(C)(C)[C@H]5CC[C@]43C)[C@@H]12. The second-order valence-corrected chi connectivity index (χ2v) is 16.0. The van der Waals surface area contributed by atoms with Gasteiger partial charge in [-0.1, -0.05) is 53.2 Å². The van der Waals surface area contributed by atoms with Crippen molar-refractivity contribution in [2.75, 3.05) is 6.61 Å². The number of hydrogen-bond donors (Lipinski definition) is 3. The number of aromatic hydroxyl groups is 1. The van der Waals surface area contributed by atoms with Crippen LogP contribution in [0, 0.1) is 56.7 Å². The fourth-order valence-corrected chi connectivity index (χ4v) is 11.8. The van der Waals surface area contributed by atoms with Crippen molar-refractivity contribution < 1.29 is 24.9 Å². The monoisotopic (exact) mass is 564 g/mol. The first-order chi connectivity index (χ1) is 19.2. The number of hydrogen-bond acceptors (Lipinski definition) is 4. The normalized spacial score (nSPS) is 46.7. The van der Waals surface area contributed by atoms with Crippen LogP contribution in [-0.2, 0) is 4.79 Å². The lowest BCUT2D eigenvalue weighted by molar-refractivity contribution is -0.216. The van der Waals surface area contributed by atoms with E-state index in [1.54, 1.807) is 12.1 Å². The number of carboxylic acids is 1. The summed E-state index contributed by atoms with van der Waals surface area (Å²) in [5, 5.41) is 32.1. The van der Waals surface area contributed by atoms with E-state index in [2.05, 4.69) is 47.6 Å². The van der Waals surface area contributed by atoms with E-state index in [1.165, 1.54) is 5.57 Å². The van der Waals surface area contributed by atoms with Crippen molar-refractivity contribution in [1.29, 1.82) is 0 Å². The first-order valence-electron chi connectivity index (χ1n) is 16.3. The Bertz CT molecular complexity index is 1220. The second-order valence-electron chi connectivity index (χ2n) is 16.0. The summed E-state index contributed by atoms with van der Waals surface area (Å²) in [5.41, 5.74) is -0.202. The minimum atomic E-state index is -0.859. The Balaban J connectivity index is 1.43. The van der Waals surface area contributed by atoms with Crippen molar-refractivity contribution in [2.24, 2.45) is 56.7 Å². The van der Waals surface area contributed by atoms with Gasteiger partial charge in [-0.05, 0) is 128 Å². The molecule has 5 nitrogen and oxygen atoms in total. The number of carboxylic acid groups (broad SMARTS) is 1. The molecular weight excluding hydrogens is 512 g/mol. The van der Waals surface area contributed by atoms with Gasteiger partial charge in [-0.3, -0.25) is 4.79 Å². The van der Waals surface area contributed by atoms with Crippen LogP contribution < -0.4 is 4.74 Å². The summed E-state index contributed by atoms with van der Waals surface area (Å²) in [7, 11) is 0. The molecule has 5 aliphatic rings. The first kappa shape index (κ1) is 29.1. The molecule has 6 rings (SSSR count). The van der Waals surface area contributed by atoms with Crippen LogP contribution in [0.25, 0.3) is 0 Å². The number of ether oxygens (including phenoxy) is 1. The van der Waals surface area contributed by atoms with E-state index in [0.29, 0.717) is 30.8 Å². The molecule has 0 aromatic heterocycles. The number of phenols is 1. The summed E-state index contributed by atoms with van der Waals surface area (Å²) in [6, 6.07) is 6.99. The summed E-state index contributed by atoms with van der Waals surface area (Å²) in [6.45, 7) is 14.6. The van der Waals surface area contributed by atoms with E-state index in [1.807, 2.05) is 12.1 Å². The van der Waals surface area contributed by atoms with Crippen molar-refractivity contribution in [2.45, 2.75) is 105 Å². The van der Waals surface area contributed by atoms with Crippen LogP contribution in [0.15, 0.2) is 35.9 Å². The molecule has 0 aliphatic heterocycles. The Labute approximate surface area is 246 Å². The number of aliphatic hydroxyl groups excluding tert-OH is 1. The van der Waals surface area contributed by atoms with E-state index in [-0.39, 0.29) is 45.3 Å². The molecule has 4 saturated carbocycles. The van der Waals surface area contributed by atoms with E-state index in [0.717, 1.165) is 57.1 Å². The molecule has 0 amide bonds. The Morgan fingerprint density at radius 3 is 2.32 bits per heavy atom. The van der Waals surface area contributed by atoms with E-state index in [9.17, 15) is 20.1 Å². The van der Waals surface area contributed by atoms with Crippen molar-refractivity contribution in [3.05, 3.63) is 35.9 Å². The van der Waals surface area contributed by atoms with Crippen LogP contribution in [0.3, 0.4) is 0 Å². The highest BCUT2D eigenvalue weighted by molar-refractivity contribution is 5.81.